The van der Waals surface area contributed by atoms with Crippen LogP contribution >= 0.6 is 0 Å². The number of hydrogen-bond acceptors (Lipinski definition) is 2. The highest BCUT2D eigenvalue weighted by molar-refractivity contribution is 5.33. The second-order valence-electron chi connectivity index (χ2n) is 5.96. The highest BCUT2D eigenvalue weighted by atomic mass is 16.5. The third-order valence-electron chi connectivity index (χ3n) is 3.72. The van der Waals surface area contributed by atoms with E-state index in [1.165, 1.54) is 16.7 Å². The molecule has 0 saturated heterocycles. The number of aryl methyl sites for hydroxylation is 2. The lowest BCUT2D eigenvalue weighted by atomic mass is 9.90. The van der Waals surface area contributed by atoms with Gasteiger partial charge >= 0.3 is 0 Å². The lowest BCUT2D eigenvalue weighted by molar-refractivity contribution is 0.00269. The Bertz CT molecular complexity index is 400. The highest BCUT2D eigenvalue weighted by Crippen LogP contribution is 2.28. The normalized spacial score (nSPS) is 14.6. The molecular formula is C18H31NO. The molecule has 0 fully saturated rings. The quantitative estimate of drug-likeness (QED) is 0.760. The van der Waals surface area contributed by atoms with Crippen molar-refractivity contribution in [1.29, 1.82) is 0 Å². The maximum Gasteiger partial charge on any atom is 0.0792 e. The predicted octanol–water partition coefficient (Wildman–Crippen LogP) is 4.41. The van der Waals surface area contributed by atoms with E-state index in [1.54, 1.807) is 0 Å². The Morgan fingerprint density at radius 1 is 1.15 bits per heavy atom. The zero-order chi connectivity index (χ0) is 15.1. The zero-order valence-electron chi connectivity index (χ0n) is 14.0. The van der Waals surface area contributed by atoms with Crippen molar-refractivity contribution in [3.63, 3.8) is 0 Å². The minimum atomic E-state index is 0.216. The highest BCUT2D eigenvalue weighted by Gasteiger charge is 2.27. The molecule has 2 atom stereocenters. The van der Waals surface area contributed by atoms with E-state index in [1.807, 2.05) is 0 Å². The summed E-state index contributed by atoms with van der Waals surface area (Å²) in [7, 11) is 0. The summed E-state index contributed by atoms with van der Waals surface area (Å²) >= 11 is 0. The molecule has 2 nitrogen and oxygen atoms in total. The van der Waals surface area contributed by atoms with Gasteiger partial charge in [-0.15, -0.1) is 0 Å². The van der Waals surface area contributed by atoms with Crippen molar-refractivity contribution in [2.45, 2.75) is 60.1 Å². The molecule has 0 aliphatic carbocycles. The van der Waals surface area contributed by atoms with Gasteiger partial charge in [0.05, 0.1) is 12.1 Å². The van der Waals surface area contributed by atoms with Gasteiger partial charge in [0.2, 0.25) is 0 Å². The molecule has 1 aromatic carbocycles. The first-order valence-electron chi connectivity index (χ1n) is 7.93. The third-order valence-corrected chi connectivity index (χ3v) is 3.72. The van der Waals surface area contributed by atoms with Crippen molar-refractivity contribution in [3.8, 4) is 0 Å². The number of ether oxygens (including phenoxy) is 1. The van der Waals surface area contributed by atoms with E-state index in [2.05, 4.69) is 65.1 Å². The molecule has 1 N–H and O–H groups in total. The van der Waals surface area contributed by atoms with Gasteiger partial charge in [0.25, 0.3) is 0 Å². The van der Waals surface area contributed by atoms with Gasteiger partial charge in [-0.3, -0.25) is 0 Å². The molecule has 1 aromatic rings. The van der Waals surface area contributed by atoms with Crippen LogP contribution in [0.2, 0.25) is 0 Å². The van der Waals surface area contributed by atoms with Crippen molar-refractivity contribution in [3.05, 3.63) is 34.9 Å². The molecule has 20 heavy (non-hydrogen) atoms. The van der Waals surface area contributed by atoms with E-state index in [0.29, 0.717) is 5.92 Å². The van der Waals surface area contributed by atoms with E-state index < -0.39 is 0 Å². The number of nitrogens with one attached hydrogen (secondary N) is 1. The van der Waals surface area contributed by atoms with Crippen LogP contribution < -0.4 is 5.32 Å². The molecule has 114 valence electrons. The topological polar surface area (TPSA) is 21.3 Å². The second-order valence-corrected chi connectivity index (χ2v) is 5.96. The number of hydrogen-bond donors (Lipinski definition) is 1. The first-order chi connectivity index (χ1) is 9.51. The Hall–Kier alpha value is -0.860. The molecule has 0 radical (unpaired) electrons. The van der Waals surface area contributed by atoms with Gasteiger partial charge in [0.1, 0.15) is 0 Å². The Kier molecular flexibility index (Phi) is 7.25. The largest absolute Gasteiger partial charge is 0.376 e. The van der Waals surface area contributed by atoms with Crippen molar-refractivity contribution < 1.29 is 4.74 Å². The van der Waals surface area contributed by atoms with E-state index in [9.17, 15) is 0 Å². The Labute approximate surface area is 124 Å². The van der Waals surface area contributed by atoms with Crippen molar-refractivity contribution in [2.75, 3.05) is 13.2 Å². The fourth-order valence-corrected chi connectivity index (χ4v) is 2.74. The molecule has 2 heteroatoms. The van der Waals surface area contributed by atoms with Gasteiger partial charge < -0.3 is 10.1 Å². The molecule has 2 unspecified atom stereocenters. The average Bonchev–Trinajstić information content (AvgIpc) is 2.39. The summed E-state index contributed by atoms with van der Waals surface area (Å²) < 4.78 is 6.04. The average molecular weight is 277 g/mol. The van der Waals surface area contributed by atoms with Crippen LogP contribution in [-0.2, 0) is 4.74 Å². The first-order valence-corrected chi connectivity index (χ1v) is 7.93. The molecular weight excluding hydrogens is 246 g/mol. The number of benzene rings is 1. The Morgan fingerprint density at radius 3 is 2.35 bits per heavy atom. The smallest absolute Gasteiger partial charge is 0.0792 e. The van der Waals surface area contributed by atoms with Gasteiger partial charge in [0.15, 0.2) is 0 Å². The van der Waals surface area contributed by atoms with Crippen LogP contribution in [0.3, 0.4) is 0 Å². The zero-order valence-corrected chi connectivity index (χ0v) is 14.0. The molecule has 0 aliphatic rings. The van der Waals surface area contributed by atoms with E-state index >= 15 is 0 Å². The summed E-state index contributed by atoms with van der Waals surface area (Å²) in [5, 5.41) is 3.69. The summed E-state index contributed by atoms with van der Waals surface area (Å²) in [6.07, 6.45) is 1.35. The van der Waals surface area contributed by atoms with Crippen LogP contribution in [0.5, 0.6) is 0 Å². The Balaban J connectivity index is 3.08. The first kappa shape index (κ1) is 17.2. The minimum Gasteiger partial charge on any atom is -0.376 e. The minimum absolute atomic E-state index is 0.216. The SMILES string of the molecule is CCCNC(c1ccc(C)cc1C)C(OCC)C(C)C. The van der Waals surface area contributed by atoms with Gasteiger partial charge in [-0.25, -0.2) is 0 Å². The summed E-state index contributed by atoms with van der Waals surface area (Å²) in [4.78, 5) is 0. The molecule has 0 saturated carbocycles. The summed E-state index contributed by atoms with van der Waals surface area (Å²) in [6, 6.07) is 6.99. The molecule has 0 heterocycles. The standard InChI is InChI=1S/C18H31NO/c1-7-11-19-17(18(13(3)4)20-8-2)16-10-9-14(5)12-15(16)6/h9-10,12-13,17-19H,7-8,11H2,1-6H3. The molecule has 0 spiro atoms. The maximum absolute atomic E-state index is 6.04. The van der Waals surface area contributed by atoms with Crippen molar-refractivity contribution >= 4 is 0 Å². The summed E-state index contributed by atoms with van der Waals surface area (Å²) in [5.41, 5.74) is 4.04. The molecule has 0 aliphatic heterocycles. The van der Waals surface area contributed by atoms with Gasteiger partial charge in [-0.05, 0) is 50.8 Å². The lowest BCUT2D eigenvalue weighted by Crippen LogP contribution is -2.38. The van der Waals surface area contributed by atoms with Crippen LogP contribution in [0.4, 0.5) is 0 Å². The lowest BCUT2D eigenvalue weighted by Gasteiger charge is -2.32. The van der Waals surface area contributed by atoms with Crippen LogP contribution in [0.25, 0.3) is 0 Å². The second kappa shape index (κ2) is 8.43. The van der Waals surface area contributed by atoms with Crippen molar-refractivity contribution in [2.24, 2.45) is 5.92 Å². The van der Waals surface area contributed by atoms with Crippen LogP contribution in [0.15, 0.2) is 18.2 Å². The molecule has 0 bridgehead atoms. The summed E-state index contributed by atoms with van der Waals surface area (Å²) in [5.74, 6) is 0.491. The summed E-state index contributed by atoms with van der Waals surface area (Å²) in [6.45, 7) is 14.9. The van der Waals surface area contributed by atoms with Crippen LogP contribution in [-0.4, -0.2) is 19.3 Å². The van der Waals surface area contributed by atoms with Crippen molar-refractivity contribution in [1.82, 2.24) is 5.32 Å². The van der Waals surface area contributed by atoms with Gasteiger partial charge in [-0.1, -0.05) is 44.5 Å². The fourth-order valence-electron chi connectivity index (χ4n) is 2.74. The van der Waals surface area contributed by atoms with E-state index in [0.717, 1.165) is 19.6 Å². The van der Waals surface area contributed by atoms with Crippen LogP contribution in [0.1, 0.15) is 56.8 Å². The Morgan fingerprint density at radius 2 is 1.85 bits per heavy atom. The maximum atomic E-state index is 6.04. The van der Waals surface area contributed by atoms with Crippen LogP contribution in [0, 0.1) is 19.8 Å². The monoisotopic (exact) mass is 277 g/mol. The van der Waals surface area contributed by atoms with E-state index in [4.69, 9.17) is 4.74 Å². The van der Waals surface area contributed by atoms with E-state index in [-0.39, 0.29) is 12.1 Å². The van der Waals surface area contributed by atoms with Gasteiger partial charge in [0, 0.05) is 6.61 Å². The van der Waals surface area contributed by atoms with Gasteiger partial charge in [-0.2, -0.15) is 0 Å². The third kappa shape index (κ3) is 4.60. The predicted molar refractivity (Wildman–Crippen MR) is 87.2 cm³/mol. The fraction of sp³-hybridized carbons (Fsp3) is 0.667. The molecule has 0 aromatic heterocycles. The molecule has 0 amide bonds. The molecule has 1 rings (SSSR count). The number of rotatable bonds is 8.